The minimum absolute atomic E-state index is 0.0469. The van der Waals surface area contributed by atoms with Crippen molar-refractivity contribution in [2.75, 3.05) is 17.8 Å². The molecule has 9 heteroatoms. The molecule has 34 heavy (non-hydrogen) atoms. The maximum atomic E-state index is 13.2. The van der Waals surface area contributed by atoms with Crippen molar-refractivity contribution in [3.05, 3.63) is 94.8 Å². The van der Waals surface area contributed by atoms with Crippen LogP contribution in [0.5, 0.6) is 0 Å². The molecule has 0 aromatic heterocycles. The highest BCUT2D eigenvalue weighted by atomic mass is 32.2. The number of hydrogen-bond donors (Lipinski definition) is 3. The van der Waals surface area contributed by atoms with Gasteiger partial charge in [0.25, 0.3) is 15.9 Å². The average molecular weight is 484 g/mol. The van der Waals surface area contributed by atoms with Gasteiger partial charge in [0.1, 0.15) is 5.82 Å². The van der Waals surface area contributed by atoms with Crippen molar-refractivity contribution in [1.82, 2.24) is 10.6 Å². The average Bonchev–Trinajstić information content (AvgIpc) is 2.78. The normalized spacial score (nSPS) is 11.0. The van der Waals surface area contributed by atoms with E-state index >= 15 is 0 Å². The Labute approximate surface area is 198 Å². The molecule has 0 aliphatic rings. The lowest BCUT2D eigenvalue weighted by Crippen LogP contribution is -2.35. The number of hydrogen-bond acceptors (Lipinski definition) is 4. The number of benzene rings is 3. The van der Waals surface area contributed by atoms with Gasteiger partial charge in [0.15, 0.2) is 0 Å². The molecule has 0 aliphatic heterocycles. The summed E-state index contributed by atoms with van der Waals surface area (Å²) in [6.45, 7) is 4.17. The van der Waals surface area contributed by atoms with Gasteiger partial charge in [0, 0.05) is 24.3 Å². The van der Waals surface area contributed by atoms with Crippen LogP contribution in [0, 0.1) is 19.7 Å². The molecule has 3 rings (SSSR count). The Morgan fingerprint density at radius 3 is 2.24 bits per heavy atom. The fourth-order valence-corrected chi connectivity index (χ4v) is 4.30. The molecule has 0 saturated heterocycles. The second-order valence-electron chi connectivity index (χ2n) is 7.84. The summed E-state index contributed by atoms with van der Waals surface area (Å²) in [4.78, 5) is 24.4. The molecule has 178 valence electrons. The summed E-state index contributed by atoms with van der Waals surface area (Å²) >= 11 is 0. The van der Waals surface area contributed by atoms with E-state index in [4.69, 9.17) is 0 Å². The first kappa shape index (κ1) is 24.9. The molecular formula is C25H26FN3O4S. The lowest BCUT2D eigenvalue weighted by Gasteiger charge is -2.11. The molecular weight excluding hydrogens is 457 g/mol. The Morgan fingerprint density at radius 1 is 0.853 bits per heavy atom. The molecule has 3 N–H and O–H groups in total. The fourth-order valence-electron chi connectivity index (χ4n) is 3.16. The van der Waals surface area contributed by atoms with E-state index in [9.17, 15) is 22.4 Å². The summed E-state index contributed by atoms with van der Waals surface area (Å²) in [5.41, 5.74) is 3.12. The number of carbonyl (C=O) groups excluding carboxylic acids is 2. The first-order valence-electron chi connectivity index (χ1n) is 10.6. The van der Waals surface area contributed by atoms with E-state index < -0.39 is 15.8 Å². The maximum Gasteiger partial charge on any atom is 0.261 e. The van der Waals surface area contributed by atoms with Crippen LogP contribution in [-0.2, 0) is 21.2 Å². The van der Waals surface area contributed by atoms with Crippen molar-refractivity contribution < 1.29 is 22.4 Å². The zero-order chi connectivity index (χ0) is 24.7. The number of halogens is 1. The Balaban J connectivity index is 1.47. The van der Waals surface area contributed by atoms with E-state index in [0.717, 1.165) is 11.1 Å². The summed E-state index contributed by atoms with van der Waals surface area (Å²) in [5, 5.41) is 5.34. The van der Waals surface area contributed by atoms with Crippen LogP contribution >= 0.6 is 0 Å². The van der Waals surface area contributed by atoms with Gasteiger partial charge in [-0.05, 0) is 79.1 Å². The van der Waals surface area contributed by atoms with Gasteiger partial charge >= 0.3 is 0 Å². The molecule has 2 amide bonds. The number of nitrogens with one attached hydrogen (secondary N) is 3. The van der Waals surface area contributed by atoms with E-state index in [1.165, 1.54) is 42.5 Å². The first-order chi connectivity index (χ1) is 16.1. The highest BCUT2D eigenvalue weighted by Gasteiger charge is 2.15. The molecule has 0 radical (unpaired) electrons. The van der Waals surface area contributed by atoms with E-state index in [-0.39, 0.29) is 36.2 Å². The Hall–Kier alpha value is -3.72. The second kappa shape index (κ2) is 10.9. The molecule has 3 aromatic rings. The van der Waals surface area contributed by atoms with Gasteiger partial charge < -0.3 is 10.6 Å². The van der Waals surface area contributed by atoms with Crippen molar-refractivity contribution in [3.63, 3.8) is 0 Å². The highest BCUT2D eigenvalue weighted by Crippen LogP contribution is 2.19. The Kier molecular flexibility index (Phi) is 8.01. The van der Waals surface area contributed by atoms with Crippen LogP contribution in [0.3, 0.4) is 0 Å². The van der Waals surface area contributed by atoms with E-state index in [0.29, 0.717) is 16.8 Å². The molecule has 0 bridgehead atoms. The van der Waals surface area contributed by atoms with Crippen molar-refractivity contribution in [3.8, 4) is 0 Å². The van der Waals surface area contributed by atoms with Gasteiger partial charge in [0.05, 0.1) is 11.3 Å². The van der Waals surface area contributed by atoms with Gasteiger partial charge in [-0.25, -0.2) is 12.8 Å². The summed E-state index contributed by atoms with van der Waals surface area (Å²) in [6.07, 6.45) is 0.0469. The predicted molar refractivity (Wildman–Crippen MR) is 129 cm³/mol. The van der Waals surface area contributed by atoms with Crippen LogP contribution in [0.4, 0.5) is 10.1 Å². The molecule has 0 unspecified atom stereocenters. The molecule has 0 atom stereocenters. The highest BCUT2D eigenvalue weighted by molar-refractivity contribution is 7.92. The summed E-state index contributed by atoms with van der Waals surface area (Å²) in [6, 6.07) is 16.7. The maximum absolute atomic E-state index is 13.2. The Bertz CT molecular complexity index is 1290. The number of anilines is 1. The van der Waals surface area contributed by atoms with Crippen LogP contribution < -0.4 is 15.4 Å². The third-order valence-corrected chi connectivity index (χ3v) is 6.55. The molecule has 3 aromatic carbocycles. The van der Waals surface area contributed by atoms with Gasteiger partial charge in [-0.1, -0.05) is 18.2 Å². The summed E-state index contributed by atoms with van der Waals surface area (Å²) in [5.74, 6) is -1.04. The summed E-state index contributed by atoms with van der Waals surface area (Å²) in [7, 11) is -3.75. The zero-order valence-electron chi connectivity index (χ0n) is 18.9. The van der Waals surface area contributed by atoms with Crippen molar-refractivity contribution in [1.29, 1.82) is 0 Å². The molecule has 0 saturated carbocycles. The van der Waals surface area contributed by atoms with Crippen LogP contribution in [0.25, 0.3) is 0 Å². The first-order valence-corrected chi connectivity index (χ1v) is 12.1. The third-order valence-electron chi connectivity index (χ3n) is 5.17. The van der Waals surface area contributed by atoms with Crippen LogP contribution in [0.1, 0.15) is 27.0 Å². The van der Waals surface area contributed by atoms with Gasteiger partial charge in [0.2, 0.25) is 5.91 Å². The minimum atomic E-state index is -3.75. The fraction of sp³-hybridized carbons (Fsp3) is 0.200. The quantitative estimate of drug-likeness (QED) is 0.406. The molecule has 7 nitrogen and oxygen atoms in total. The van der Waals surface area contributed by atoms with Crippen molar-refractivity contribution in [2.45, 2.75) is 25.2 Å². The predicted octanol–water partition coefficient (Wildman–Crippen LogP) is 3.33. The molecule has 0 heterocycles. The third kappa shape index (κ3) is 6.89. The van der Waals surface area contributed by atoms with Crippen molar-refractivity contribution in [2.24, 2.45) is 0 Å². The molecule has 0 spiro atoms. The Morgan fingerprint density at radius 2 is 1.56 bits per heavy atom. The van der Waals surface area contributed by atoms with E-state index in [1.807, 2.05) is 13.8 Å². The van der Waals surface area contributed by atoms with Crippen LogP contribution in [-0.4, -0.2) is 33.3 Å². The number of carbonyl (C=O) groups is 2. The number of aryl methyl sites for hydroxylation is 2. The number of amides is 2. The zero-order valence-corrected chi connectivity index (χ0v) is 19.7. The SMILES string of the molecule is Cc1ccc(S(=O)(=O)Nc2ccc(C(=O)NCCNC(=O)Cc3cccc(F)c3)cc2)cc1C. The van der Waals surface area contributed by atoms with E-state index in [2.05, 4.69) is 15.4 Å². The van der Waals surface area contributed by atoms with E-state index in [1.54, 1.807) is 24.3 Å². The second-order valence-corrected chi connectivity index (χ2v) is 9.52. The number of sulfonamides is 1. The summed E-state index contributed by atoms with van der Waals surface area (Å²) < 4.78 is 40.9. The minimum Gasteiger partial charge on any atom is -0.354 e. The van der Waals surface area contributed by atoms with Crippen LogP contribution in [0.15, 0.2) is 71.6 Å². The topological polar surface area (TPSA) is 104 Å². The van der Waals surface area contributed by atoms with Gasteiger partial charge in [-0.3, -0.25) is 14.3 Å². The lowest BCUT2D eigenvalue weighted by atomic mass is 10.1. The smallest absolute Gasteiger partial charge is 0.261 e. The molecule has 0 aliphatic carbocycles. The number of rotatable bonds is 9. The van der Waals surface area contributed by atoms with Crippen LogP contribution in [0.2, 0.25) is 0 Å². The standard InChI is InChI=1S/C25H26FN3O4S/c1-17-6-11-23(14-18(17)2)34(32,33)29-22-9-7-20(8-10-22)25(31)28-13-12-27-24(30)16-19-4-3-5-21(26)15-19/h3-11,14-15,29H,12-13,16H2,1-2H3,(H,27,30)(H,28,31). The largest absolute Gasteiger partial charge is 0.354 e. The van der Waals surface area contributed by atoms with Gasteiger partial charge in [-0.15, -0.1) is 0 Å². The monoisotopic (exact) mass is 483 g/mol. The van der Waals surface area contributed by atoms with Crippen molar-refractivity contribution >= 4 is 27.5 Å². The lowest BCUT2D eigenvalue weighted by molar-refractivity contribution is -0.120. The van der Waals surface area contributed by atoms with Gasteiger partial charge in [-0.2, -0.15) is 0 Å². The molecule has 0 fully saturated rings.